The molecule has 0 heterocycles. The van der Waals surface area contributed by atoms with Gasteiger partial charge in [0.2, 0.25) is 0 Å². The van der Waals surface area contributed by atoms with E-state index in [-0.39, 0.29) is 10.6 Å². The van der Waals surface area contributed by atoms with Crippen molar-refractivity contribution in [3.8, 4) is 6.07 Å². The van der Waals surface area contributed by atoms with E-state index in [1.54, 1.807) is 6.07 Å². The summed E-state index contributed by atoms with van der Waals surface area (Å²) in [7, 11) is 0. The molecule has 1 aromatic carbocycles. The normalized spacial score (nSPS) is 11.3. The molecule has 0 aliphatic carbocycles. The second-order valence-corrected chi connectivity index (χ2v) is 4.23. The summed E-state index contributed by atoms with van der Waals surface area (Å²) in [5.41, 5.74) is -0.341. The topological polar surface area (TPSA) is 52.9 Å². The van der Waals surface area contributed by atoms with Gasteiger partial charge in [-0.15, -0.1) is 0 Å². The van der Waals surface area contributed by atoms with Crippen LogP contribution in [0.4, 0.5) is 14.5 Å². The smallest absolute Gasteiger partial charge is 0.182 e. The van der Waals surface area contributed by atoms with Crippen LogP contribution in [0.3, 0.4) is 0 Å². The molecule has 0 radical (unpaired) electrons. The van der Waals surface area contributed by atoms with Crippen LogP contribution in [-0.2, 0) is 4.79 Å². The number of allylic oxidation sites excluding steroid dienone is 1. The Morgan fingerprint density at radius 3 is 2.42 bits per heavy atom. The predicted molar refractivity (Wildman–Crippen MR) is 71.5 cm³/mol. The Kier molecular flexibility index (Phi) is 4.84. The van der Waals surface area contributed by atoms with Crippen LogP contribution in [0.2, 0.25) is 0 Å². The number of para-hydroxylation sites is 1. The minimum atomic E-state index is -1.31. The fraction of sp³-hybridized carbons (Fsp3) is 0.154. The number of nitriles is 1. The van der Waals surface area contributed by atoms with E-state index < -0.39 is 29.0 Å². The summed E-state index contributed by atoms with van der Waals surface area (Å²) in [5.74, 6) is -3.62. The van der Waals surface area contributed by atoms with Crippen LogP contribution in [0.25, 0.3) is 0 Å². The first kappa shape index (κ1) is 14.9. The van der Waals surface area contributed by atoms with Gasteiger partial charge in [-0.1, -0.05) is 24.9 Å². The highest BCUT2D eigenvalue weighted by molar-refractivity contribution is 7.80. The first-order valence-corrected chi connectivity index (χ1v) is 5.63. The second kappa shape index (κ2) is 6.16. The van der Waals surface area contributed by atoms with Gasteiger partial charge in [-0.25, -0.2) is 8.78 Å². The molecule has 1 atom stereocenters. The molecule has 0 fully saturated rings. The quantitative estimate of drug-likeness (QED) is 0.680. The van der Waals surface area contributed by atoms with Crippen molar-refractivity contribution < 1.29 is 13.6 Å². The molecule has 1 rings (SSSR count). The second-order valence-electron chi connectivity index (χ2n) is 3.79. The number of ketones is 1. The Balaban J connectivity index is 3.00. The molecule has 0 amide bonds. The molecule has 1 unspecified atom stereocenters. The Morgan fingerprint density at radius 1 is 1.47 bits per heavy atom. The third-order valence-electron chi connectivity index (χ3n) is 2.29. The number of carbonyl (C=O) groups excluding carboxylic acids is 1. The van der Waals surface area contributed by atoms with Gasteiger partial charge >= 0.3 is 0 Å². The van der Waals surface area contributed by atoms with Crippen molar-refractivity contribution in [1.29, 1.82) is 5.26 Å². The van der Waals surface area contributed by atoms with Crippen LogP contribution in [-0.4, -0.2) is 10.8 Å². The number of halogens is 2. The number of nitrogens with zero attached hydrogens (tertiary/aromatic N) is 1. The highest BCUT2D eigenvalue weighted by Gasteiger charge is 2.24. The van der Waals surface area contributed by atoms with Crippen molar-refractivity contribution in [2.75, 3.05) is 5.32 Å². The molecule has 1 N–H and O–H groups in total. The molecule has 98 valence electrons. The number of Topliss-reactive ketones (excluding diaryl/α,β-unsaturated/α-hetero) is 1. The number of rotatable bonds is 4. The Labute approximate surface area is 114 Å². The minimum Gasteiger partial charge on any atom is -0.344 e. The van der Waals surface area contributed by atoms with E-state index >= 15 is 0 Å². The number of benzene rings is 1. The van der Waals surface area contributed by atoms with Gasteiger partial charge in [0.25, 0.3) is 0 Å². The summed E-state index contributed by atoms with van der Waals surface area (Å²) in [5, 5.41) is 11.2. The van der Waals surface area contributed by atoms with Gasteiger partial charge in [0.15, 0.2) is 11.7 Å². The maximum absolute atomic E-state index is 13.4. The van der Waals surface area contributed by atoms with E-state index in [0.717, 1.165) is 12.1 Å². The molecule has 0 spiro atoms. The van der Waals surface area contributed by atoms with Crippen molar-refractivity contribution in [2.24, 2.45) is 5.92 Å². The molecule has 3 nitrogen and oxygen atoms in total. The van der Waals surface area contributed by atoms with Gasteiger partial charge in [0.05, 0.1) is 6.07 Å². The van der Waals surface area contributed by atoms with Crippen LogP contribution in [0.1, 0.15) is 6.92 Å². The highest BCUT2D eigenvalue weighted by atomic mass is 32.1. The number of anilines is 1. The first-order chi connectivity index (χ1) is 8.88. The van der Waals surface area contributed by atoms with Crippen molar-refractivity contribution in [3.63, 3.8) is 0 Å². The zero-order chi connectivity index (χ0) is 14.6. The lowest BCUT2D eigenvalue weighted by atomic mass is 10.0. The Morgan fingerprint density at radius 2 is 2.00 bits per heavy atom. The minimum absolute atomic E-state index is 0.143. The molecular formula is C13H10F2N2OS. The van der Waals surface area contributed by atoms with Crippen LogP contribution in [0.5, 0.6) is 0 Å². The predicted octanol–water partition coefficient (Wildman–Crippen LogP) is 2.99. The molecule has 0 saturated heterocycles. The van der Waals surface area contributed by atoms with Gasteiger partial charge in [0.1, 0.15) is 22.3 Å². The van der Waals surface area contributed by atoms with Gasteiger partial charge in [-0.05, 0) is 24.6 Å². The van der Waals surface area contributed by atoms with Crippen LogP contribution < -0.4 is 5.32 Å². The molecular weight excluding hydrogens is 270 g/mol. The summed E-state index contributed by atoms with van der Waals surface area (Å²) in [6.07, 6.45) is 0. The zero-order valence-electron chi connectivity index (χ0n) is 10.0. The van der Waals surface area contributed by atoms with E-state index in [1.165, 1.54) is 13.0 Å². The van der Waals surface area contributed by atoms with Crippen molar-refractivity contribution in [1.82, 2.24) is 0 Å². The molecule has 0 aromatic heterocycles. The van der Waals surface area contributed by atoms with Crippen LogP contribution >= 0.6 is 12.2 Å². The molecule has 0 bridgehead atoms. The van der Waals surface area contributed by atoms with Crippen molar-refractivity contribution in [2.45, 2.75) is 6.92 Å². The molecule has 0 aliphatic heterocycles. The molecule has 6 heteroatoms. The SMILES string of the molecule is C=C(C)C(=O)C(C#N)C(=S)Nc1c(F)cccc1F. The number of hydrogen-bond acceptors (Lipinski definition) is 3. The summed E-state index contributed by atoms with van der Waals surface area (Å²) >= 11 is 4.84. The van der Waals surface area contributed by atoms with Gasteiger partial charge < -0.3 is 5.32 Å². The maximum Gasteiger partial charge on any atom is 0.182 e. The lowest BCUT2D eigenvalue weighted by Crippen LogP contribution is -2.28. The van der Waals surface area contributed by atoms with E-state index in [2.05, 4.69) is 11.9 Å². The van der Waals surface area contributed by atoms with E-state index in [9.17, 15) is 13.6 Å². The van der Waals surface area contributed by atoms with E-state index in [0.29, 0.717) is 0 Å². The molecule has 0 saturated carbocycles. The van der Waals surface area contributed by atoms with E-state index in [4.69, 9.17) is 17.5 Å². The Hall–Kier alpha value is -2.13. The fourth-order valence-corrected chi connectivity index (χ4v) is 1.56. The van der Waals surface area contributed by atoms with Gasteiger partial charge in [-0.3, -0.25) is 4.79 Å². The summed E-state index contributed by atoms with van der Waals surface area (Å²) in [6.45, 7) is 4.84. The third kappa shape index (κ3) is 3.42. The Bertz CT molecular complexity index is 573. The summed E-state index contributed by atoms with van der Waals surface area (Å²) in [4.78, 5) is 11.4. The fourth-order valence-electron chi connectivity index (χ4n) is 1.30. The molecule has 19 heavy (non-hydrogen) atoms. The van der Waals surface area contributed by atoms with E-state index in [1.807, 2.05) is 0 Å². The maximum atomic E-state index is 13.4. The highest BCUT2D eigenvalue weighted by Crippen LogP contribution is 2.20. The van der Waals surface area contributed by atoms with Crippen molar-refractivity contribution in [3.05, 3.63) is 42.0 Å². The number of thiocarbonyl (C=S) groups is 1. The number of nitrogens with one attached hydrogen (secondary N) is 1. The lowest BCUT2D eigenvalue weighted by Gasteiger charge is -2.13. The largest absolute Gasteiger partial charge is 0.344 e. The standard InChI is InChI=1S/C13H10F2N2OS/c1-7(2)12(18)8(6-16)13(19)17-11-9(14)4-3-5-10(11)15/h3-5,8H,1H2,2H3,(H,17,19). The average molecular weight is 280 g/mol. The molecule has 0 aliphatic rings. The molecule has 1 aromatic rings. The average Bonchev–Trinajstić information content (AvgIpc) is 2.34. The first-order valence-electron chi connectivity index (χ1n) is 5.22. The zero-order valence-corrected chi connectivity index (χ0v) is 10.9. The monoisotopic (exact) mass is 280 g/mol. The van der Waals surface area contributed by atoms with Gasteiger partial charge in [-0.2, -0.15) is 5.26 Å². The lowest BCUT2D eigenvalue weighted by molar-refractivity contribution is -0.116. The van der Waals surface area contributed by atoms with Crippen LogP contribution in [0.15, 0.2) is 30.4 Å². The summed E-state index contributed by atoms with van der Waals surface area (Å²) < 4.78 is 26.8. The summed E-state index contributed by atoms with van der Waals surface area (Å²) in [6, 6.07) is 4.95. The van der Waals surface area contributed by atoms with Crippen molar-refractivity contribution >= 4 is 28.7 Å². The van der Waals surface area contributed by atoms with Crippen LogP contribution in [0, 0.1) is 28.9 Å². The number of carbonyl (C=O) groups is 1. The number of hydrogen-bond donors (Lipinski definition) is 1. The van der Waals surface area contributed by atoms with Gasteiger partial charge in [0, 0.05) is 0 Å². The third-order valence-corrected chi connectivity index (χ3v) is 2.62.